The van der Waals surface area contributed by atoms with E-state index in [1.165, 1.54) is 12.1 Å². The molecule has 0 saturated heterocycles. The Morgan fingerprint density at radius 3 is 2.54 bits per heavy atom. The third kappa shape index (κ3) is 5.48. The van der Waals surface area contributed by atoms with Crippen molar-refractivity contribution in [1.82, 2.24) is 5.32 Å². The lowest BCUT2D eigenvalue weighted by Gasteiger charge is -2.37. The number of ether oxygens (including phenoxy) is 2. The summed E-state index contributed by atoms with van der Waals surface area (Å²) in [6, 6.07) is 5.24. The smallest absolute Gasteiger partial charge is 0.172 e. The number of carbonyl (C=O) groups is 1. The van der Waals surface area contributed by atoms with Crippen LogP contribution in [0.4, 0.5) is 4.39 Å². The van der Waals surface area contributed by atoms with Crippen molar-refractivity contribution < 1.29 is 18.7 Å². The van der Waals surface area contributed by atoms with E-state index < -0.39 is 5.82 Å². The Hall–Kier alpha value is -1.62. The van der Waals surface area contributed by atoms with Crippen LogP contribution in [0.15, 0.2) is 18.2 Å². The molecule has 2 rings (SSSR count). The number of hydrogen-bond acceptors (Lipinski definition) is 4. The molecule has 1 fully saturated rings. The molecular weight excluding hydrogens is 309 g/mol. The molecule has 0 radical (unpaired) electrons. The van der Waals surface area contributed by atoms with Crippen molar-refractivity contribution in [1.29, 1.82) is 0 Å². The van der Waals surface area contributed by atoms with Gasteiger partial charge in [0, 0.05) is 36.2 Å². The molecule has 1 atom stereocenters. The summed E-state index contributed by atoms with van der Waals surface area (Å²) in [4.78, 5) is 11.6. The summed E-state index contributed by atoms with van der Waals surface area (Å²) in [6.45, 7) is 7.90. The Labute approximate surface area is 143 Å². The van der Waals surface area contributed by atoms with Gasteiger partial charge in [0.2, 0.25) is 0 Å². The van der Waals surface area contributed by atoms with Crippen LogP contribution in [0.2, 0.25) is 0 Å². The first kappa shape index (κ1) is 18.7. The molecule has 0 aliphatic heterocycles. The molecule has 1 aliphatic rings. The molecular formula is C19H28FNO3. The van der Waals surface area contributed by atoms with E-state index in [0.29, 0.717) is 23.6 Å². The summed E-state index contributed by atoms with van der Waals surface area (Å²) in [5.41, 5.74) is 0. The van der Waals surface area contributed by atoms with E-state index >= 15 is 0 Å². The van der Waals surface area contributed by atoms with Gasteiger partial charge >= 0.3 is 0 Å². The van der Waals surface area contributed by atoms with Crippen LogP contribution in [0, 0.1) is 11.7 Å². The van der Waals surface area contributed by atoms with Crippen LogP contribution >= 0.6 is 0 Å². The van der Waals surface area contributed by atoms with E-state index in [9.17, 15) is 9.18 Å². The second-order valence-electron chi connectivity index (χ2n) is 6.92. The zero-order valence-electron chi connectivity index (χ0n) is 15.0. The van der Waals surface area contributed by atoms with Gasteiger partial charge in [-0.3, -0.25) is 4.79 Å². The van der Waals surface area contributed by atoms with Crippen LogP contribution < -0.4 is 14.8 Å². The molecule has 0 spiro atoms. The largest absolute Gasteiger partial charge is 0.490 e. The second-order valence-corrected chi connectivity index (χ2v) is 6.92. The molecule has 24 heavy (non-hydrogen) atoms. The van der Waals surface area contributed by atoms with Crippen molar-refractivity contribution in [2.24, 2.45) is 5.92 Å². The van der Waals surface area contributed by atoms with Gasteiger partial charge in [-0.05, 0) is 26.2 Å². The normalized spacial score (nSPS) is 21.2. The minimum atomic E-state index is -0.423. The van der Waals surface area contributed by atoms with Crippen LogP contribution in [-0.4, -0.2) is 30.6 Å². The van der Waals surface area contributed by atoms with Crippen LogP contribution in [0.3, 0.4) is 0 Å². The Bertz CT molecular complexity index is 556. The number of benzene rings is 1. The van der Waals surface area contributed by atoms with Crippen LogP contribution in [0.5, 0.6) is 11.5 Å². The fourth-order valence-electron chi connectivity index (χ4n) is 2.52. The molecule has 1 aromatic carbocycles. The van der Waals surface area contributed by atoms with E-state index in [1.807, 2.05) is 13.8 Å². The number of nitrogens with one attached hydrogen (secondary N) is 1. The van der Waals surface area contributed by atoms with Gasteiger partial charge in [0.25, 0.3) is 0 Å². The van der Waals surface area contributed by atoms with Gasteiger partial charge in [-0.15, -0.1) is 0 Å². The maximum atomic E-state index is 13.7. The van der Waals surface area contributed by atoms with Crippen LogP contribution in [0.1, 0.15) is 47.0 Å². The third-order valence-electron chi connectivity index (χ3n) is 4.40. The highest BCUT2D eigenvalue weighted by atomic mass is 19.1. The minimum absolute atomic E-state index is 0.0142. The number of Topliss-reactive ketones (excluding diaryl/α,β-unsaturated/α-hetero) is 1. The predicted molar refractivity (Wildman–Crippen MR) is 92.1 cm³/mol. The highest BCUT2D eigenvalue weighted by molar-refractivity contribution is 5.81. The second kappa shape index (κ2) is 8.47. The summed E-state index contributed by atoms with van der Waals surface area (Å²) in [5, 5.41) is 3.53. The molecule has 5 heteroatoms. The zero-order valence-corrected chi connectivity index (χ0v) is 15.0. The molecule has 0 heterocycles. The van der Waals surface area contributed by atoms with E-state index in [1.54, 1.807) is 6.07 Å². The number of hydrogen-bond donors (Lipinski definition) is 1. The van der Waals surface area contributed by atoms with Gasteiger partial charge < -0.3 is 14.8 Å². The van der Waals surface area contributed by atoms with E-state index in [0.717, 1.165) is 19.3 Å². The van der Waals surface area contributed by atoms with Crippen LogP contribution in [-0.2, 0) is 4.79 Å². The first-order valence-electron chi connectivity index (χ1n) is 8.76. The molecule has 1 saturated carbocycles. The molecule has 1 aliphatic carbocycles. The van der Waals surface area contributed by atoms with Crippen molar-refractivity contribution in [3.8, 4) is 11.5 Å². The molecule has 134 valence electrons. The molecule has 1 unspecified atom stereocenters. The highest BCUT2D eigenvalue weighted by Crippen LogP contribution is 2.29. The Balaban J connectivity index is 1.85. The van der Waals surface area contributed by atoms with Gasteiger partial charge in [0.05, 0.1) is 0 Å². The maximum Gasteiger partial charge on any atom is 0.172 e. The highest BCUT2D eigenvalue weighted by Gasteiger charge is 2.31. The van der Waals surface area contributed by atoms with E-state index in [4.69, 9.17) is 9.47 Å². The van der Waals surface area contributed by atoms with Gasteiger partial charge in [-0.2, -0.15) is 0 Å². The van der Waals surface area contributed by atoms with Gasteiger partial charge in [-0.25, -0.2) is 4.39 Å². The summed E-state index contributed by atoms with van der Waals surface area (Å²) in [7, 11) is 0. The topological polar surface area (TPSA) is 47.6 Å². The number of halogens is 1. The van der Waals surface area contributed by atoms with Crippen LogP contribution in [0.25, 0.3) is 0 Å². The lowest BCUT2D eigenvalue weighted by molar-refractivity contribution is -0.123. The van der Waals surface area contributed by atoms with E-state index in [2.05, 4.69) is 19.2 Å². The SMILES string of the molecule is CCC(C)N[C@H]1C[C@@H](Oc2cc(F)cc(OCC(=O)C(C)C)c2)C1. The maximum absolute atomic E-state index is 13.7. The molecule has 0 aromatic heterocycles. The molecule has 0 amide bonds. The standard InChI is InChI=1S/C19H28FNO3/c1-5-13(4)21-15-8-18(9-15)24-17-7-14(20)6-16(10-17)23-11-19(22)12(2)3/h6-7,10,12-13,15,18,21H,5,8-9,11H2,1-4H3/t13?,15-,18+. The lowest BCUT2D eigenvalue weighted by Crippen LogP contribution is -2.49. The summed E-state index contributed by atoms with van der Waals surface area (Å²) < 4.78 is 24.9. The van der Waals surface area contributed by atoms with Crippen molar-refractivity contribution >= 4 is 5.78 Å². The van der Waals surface area contributed by atoms with Crippen molar-refractivity contribution in [2.75, 3.05) is 6.61 Å². The predicted octanol–water partition coefficient (Wildman–Crippen LogP) is 3.73. The first-order valence-corrected chi connectivity index (χ1v) is 8.76. The minimum Gasteiger partial charge on any atom is -0.490 e. The van der Waals surface area contributed by atoms with Crippen molar-refractivity contribution in [3.05, 3.63) is 24.0 Å². The summed E-state index contributed by atoms with van der Waals surface area (Å²) >= 11 is 0. The number of ketones is 1. The summed E-state index contributed by atoms with van der Waals surface area (Å²) in [5.74, 6) is 0.244. The Kier molecular flexibility index (Phi) is 6.60. The fraction of sp³-hybridized carbons (Fsp3) is 0.632. The van der Waals surface area contributed by atoms with Gasteiger partial charge in [-0.1, -0.05) is 20.8 Å². The summed E-state index contributed by atoms with van der Waals surface area (Å²) in [6.07, 6.45) is 3.03. The van der Waals surface area contributed by atoms with Gasteiger partial charge in [0.1, 0.15) is 30.0 Å². The molecule has 1 aromatic rings. The lowest BCUT2D eigenvalue weighted by atomic mass is 9.88. The van der Waals surface area contributed by atoms with Gasteiger partial charge in [0.15, 0.2) is 5.78 Å². The number of rotatable bonds is 9. The molecule has 1 N–H and O–H groups in total. The molecule has 4 nitrogen and oxygen atoms in total. The fourth-order valence-corrected chi connectivity index (χ4v) is 2.52. The van der Waals surface area contributed by atoms with E-state index in [-0.39, 0.29) is 24.4 Å². The Morgan fingerprint density at radius 2 is 1.92 bits per heavy atom. The molecule has 0 bridgehead atoms. The average molecular weight is 337 g/mol. The Morgan fingerprint density at radius 1 is 1.25 bits per heavy atom. The zero-order chi connectivity index (χ0) is 17.7. The number of carbonyl (C=O) groups excluding carboxylic acids is 1. The first-order chi connectivity index (χ1) is 11.4. The third-order valence-corrected chi connectivity index (χ3v) is 4.40. The van der Waals surface area contributed by atoms with Crippen molar-refractivity contribution in [2.45, 2.75) is 65.1 Å². The monoisotopic (exact) mass is 337 g/mol. The quantitative estimate of drug-likeness (QED) is 0.746. The van der Waals surface area contributed by atoms with Crippen molar-refractivity contribution in [3.63, 3.8) is 0 Å². The average Bonchev–Trinajstić information content (AvgIpc) is 2.49.